The molecule has 0 fully saturated rings. The molecule has 0 saturated carbocycles. The van der Waals surface area contributed by atoms with Crippen molar-refractivity contribution in [2.45, 2.75) is 20.8 Å². The number of allylic oxidation sites excluding steroid dienone is 1. The smallest absolute Gasteiger partial charge is 0.222 e. The first-order valence-corrected chi connectivity index (χ1v) is 4.16. The van der Waals surface area contributed by atoms with Crippen molar-refractivity contribution in [3.63, 3.8) is 0 Å². The zero-order valence-corrected chi connectivity index (χ0v) is 8.46. The first kappa shape index (κ1) is 11.8. The number of aliphatic hydroxyl groups excluding tert-OH is 1. The van der Waals surface area contributed by atoms with Crippen molar-refractivity contribution in [1.82, 2.24) is 5.32 Å². The van der Waals surface area contributed by atoms with Crippen LogP contribution in [0.1, 0.15) is 20.8 Å². The van der Waals surface area contributed by atoms with Crippen LogP contribution in [0, 0.1) is 0 Å². The fraction of sp³-hybridized carbons (Fsp3) is 0.556. The Morgan fingerprint density at radius 2 is 2.00 bits per heavy atom. The van der Waals surface area contributed by atoms with Gasteiger partial charge in [-0.2, -0.15) is 0 Å². The molecule has 0 aliphatic carbocycles. The molecule has 0 bridgehead atoms. The van der Waals surface area contributed by atoms with Gasteiger partial charge in [0.2, 0.25) is 5.96 Å². The highest BCUT2D eigenvalue weighted by molar-refractivity contribution is 5.95. The number of rotatable bonds is 3. The average molecular weight is 183 g/mol. The van der Waals surface area contributed by atoms with Gasteiger partial charge in [0, 0.05) is 11.4 Å². The van der Waals surface area contributed by atoms with Crippen molar-refractivity contribution in [3.8, 4) is 0 Å². The van der Waals surface area contributed by atoms with Gasteiger partial charge in [-0.25, -0.2) is 9.98 Å². The predicted octanol–water partition coefficient (Wildman–Crippen LogP) is 0.939. The lowest BCUT2D eigenvalue weighted by atomic mass is 10.5. The molecule has 4 heteroatoms. The van der Waals surface area contributed by atoms with Gasteiger partial charge in [0.25, 0.3) is 0 Å². The predicted molar refractivity (Wildman–Crippen MR) is 56.1 cm³/mol. The van der Waals surface area contributed by atoms with Crippen LogP contribution in [0.2, 0.25) is 0 Å². The van der Waals surface area contributed by atoms with Gasteiger partial charge < -0.3 is 10.4 Å². The summed E-state index contributed by atoms with van der Waals surface area (Å²) in [7, 11) is 0. The third-order valence-corrected chi connectivity index (χ3v) is 1.02. The summed E-state index contributed by atoms with van der Waals surface area (Å²) in [6.07, 6.45) is 0. The highest BCUT2D eigenvalue weighted by atomic mass is 16.3. The zero-order valence-electron chi connectivity index (χ0n) is 8.46. The molecule has 13 heavy (non-hydrogen) atoms. The first-order chi connectivity index (χ1) is 6.06. The van der Waals surface area contributed by atoms with Gasteiger partial charge in [0.05, 0.1) is 13.2 Å². The van der Waals surface area contributed by atoms with Crippen molar-refractivity contribution in [1.29, 1.82) is 0 Å². The molecule has 0 aromatic heterocycles. The Hall–Kier alpha value is -1.16. The van der Waals surface area contributed by atoms with Crippen LogP contribution in [0.5, 0.6) is 0 Å². The molecule has 0 spiro atoms. The van der Waals surface area contributed by atoms with Crippen LogP contribution >= 0.6 is 0 Å². The Morgan fingerprint density at radius 1 is 1.38 bits per heavy atom. The molecule has 0 aromatic rings. The van der Waals surface area contributed by atoms with E-state index in [0.717, 1.165) is 11.4 Å². The number of aliphatic hydroxyl groups is 1. The minimum absolute atomic E-state index is 0.0274. The first-order valence-electron chi connectivity index (χ1n) is 4.16. The third kappa shape index (κ3) is 7.21. The van der Waals surface area contributed by atoms with Crippen LogP contribution in [0.15, 0.2) is 22.3 Å². The van der Waals surface area contributed by atoms with E-state index in [1.54, 1.807) is 0 Å². The summed E-state index contributed by atoms with van der Waals surface area (Å²) in [4.78, 5) is 8.17. The minimum atomic E-state index is 0.0274. The number of hydrogen-bond donors (Lipinski definition) is 2. The minimum Gasteiger partial charge on any atom is -0.394 e. The van der Waals surface area contributed by atoms with Crippen molar-refractivity contribution in [2.24, 2.45) is 9.98 Å². The molecule has 0 heterocycles. The summed E-state index contributed by atoms with van der Waals surface area (Å²) in [6.45, 7) is 9.66. The Kier molecular flexibility index (Phi) is 5.80. The Labute approximate surface area is 79.1 Å². The molecule has 2 N–H and O–H groups in total. The van der Waals surface area contributed by atoms with Gasteiger partial charge in [-0.1, -0.05) is 6.58 Å². The molecule has 0 aromatic carbocycles. The van der Waals surface area contributed by atoms with Gasteiger partial charge in [-0.15, -0.1) is 0 Å². The average Bonchev–Trinajstić information content (AvgIpc) is 1.98. The maximum Gasteiger partial charge on any atom is 0.222 e. The van der Waals surface area contributed by atoms with Gasteiger partial charge >= 0.3 is 0 Å². The summed E-state index contributed by atoms with van der Waals surface area (Å²) < 4.78 is 0. The molecule has 0 saturated heterocycles. The van der Waals surface area contributed by atoms with Crippen LogP contribution in [-0.4, -0.2) is 29.9 Å². The largest absolute Gasteiger partial charge is 0.394 e. The maximum absolute atomic E-state index is 8.58. The summed E-state index contributed by atoms with van der Waals surface area (Å²) >= 11 is 0. The topological polar surface area (TPSA) is 57.0 Å². The van der Waals surface area contributed by atoms with Crippen molar-refractivity contribution >= 4 is 11.7 Å². The highest BCUT2D eigenvalue weighted by Crippen LogP contribution is 1.86. The van der Waals surface area contributed by atoms with E-state index in [0.29, 0.717) is 12.5 Å². The van der Waals surface area contributed by atoms with Crippen LogP contribution < -0.4 is 5.32 Å². The summed E-state index contributed by atoms with van der Waals surface area (Å²) in [5.74, 6) is 0.501. The van der Waals surface area contributed by atoms with E-state index in [2.05, 4.69) is 21.9 Å². The normalized spacial score (nSPS) is 10.9. The monoisotopic (exact) mass is 183 g/mol. The second kappa shape index (κ2) is 6.37. The molecule has 0 unspecified atom stereocenters. The number of nitrogens with one attached hydrogen (secondary N) is 1. The van der Waals surface area contributed by atoms with Crippen LogP contribution in [-0.2, 0) is 0 Å². The fourth-order valence-electron chi connectivity index (χ4n) is 0.661. The Morgan fingerprint density at radius 3 is 2.38 bits per heavy atom. The Bertz CT molecular complexity index is 227. The second-order valence-electron chi connectivity index (χ2n) is 2.89. The second-order valence-corrected chi connectivity index (χ2v) is 2.89. The molecule has 0 radical (unpaired) electrons. The van der Waals surface area contributed by atoms with Crippen LogP contribution in [0.4, 0.5) is 0 Å². The van der Waals surface area contributed by atoms with Crippen LogP contribution in [0.3, 0.4) is 0 Å². The molecule has 74 valence electrons. The maximum atomic E-state index is 8.58. The van der Waals surface area contributed by atoms with E-state index >= 15 is 0 Å². The summed E-state index contributed by atoms with van der Waals surface area (Å²) in [5.41, 5.74) is 1.69. The molecule has 4 nitrogen and oxygen atoms in total. The molecule has 0 amide bonds. The molecule has 0 aliphatic heterocycles. The summed E-state index contributed by atoms with van der Waals surface area (Å²) in [5, 5.41) is 11.5. The molecule has 0 atom stereocenters. The van der Waals surface area contributed by atoms with E-state index in [9.17, 15) is 0 Å². The molecule has 0 rings (SSSR count). The number of guanidine groups is 1. The quantitative estimate of drug-likeness (QED) is 0.505. The number of nitrogens with zero attached hydrogens (tertiary/aromatic N) is 2. The van der Waals surface area contributed by atoms with E-state index in [-0.39, 0.29) is 6.61 Å². The molecular weight excluding hydrogens is 166 g/mol. The van der Waals surface area contributed by atoms with Gasteiger partial charge in [0.15, 0.2) is 0 Å². The van der Waals surface area contributed by atoms with Crippen molar-refractivity contribution < 1.29 is 5.11 Å². The van der Waals surface area contributed by atoms with E-state index in [1.807, 2.05) is 20.8 Å². The molecule has 0 aliphatic rings. The molecular formula is C9H17N3O. The third-order valence-electron chi connectivity index (χ3n) is 1.02. The van der Waals surface area contributed by atoms with E-state index in [1.165, 1.54) is 0 Å². The standard InChI is InChI=1S/C9H17N3O/c1-7(2)11-9(10-5-6-13)12-8(3)4/h13H,1,5-6H2,2-4H3,(H,10,11). The number of aliphatic imine (C=N–C) groups is 2. The van der Waals surface area contributed by atoms with Crippen molar-refractivity contribution in [3.05, 3.63) is 12.3 Å². The lowest BCUT2D eigenvalue weighted by Gasteiger charge is -2.04. The van der Waals surface area contributed by atoms with Crippen molar-refractivity contribution in [2.75, 3.05) is 13.2 Å². The van der Waals surface area contributed by atoms with Gasteiger partial charge in [-0.05, 0) is 20.8 Å². The van der Waals surface area contributed by atoms with Gasteiger partial charge in [-0.3, -0.25) is 0 Å². The number of hydrogen-bond acceptors (Lipinski definition) is 2. The highest BCUT2D eigenvalue weighted by Gasteiger charge is 1.94. The summed E-state index contributed by atoms with van der Waals surface area (Å²) in [6, 6.07) is 0. The SMILES string of the molecule is C=C(C)NC(N=C(C)C)=NCCO. The van der Waals surface area contributed by atoms with Gasteiger partial charge in [0.1, 0.15) is 0 Å². The van der Waals surface area contributed by atoms with E-state index < -0.39 is 0 Å². The lowest BCUT2D eigenvalue weighted by Crippen LogP contribution is -2.20. The van der Waals surface area contributed by atoms with Crippen LogP contribution in [0.25, 0.3) is 0 Å². The lowest BCUT2D eigenvalue weighted by molar-refractivity contribution is 0.306. The zero-order chi connectivity index (χ0) is 10.3. The Balaban J connectivity index is 4.36. The fourth-order valence-corrected chi connectivity index (χ4v) is 0.661. The van der Waals surface area contributed by atoms with E-state index in [4.69, 9.17) is 5.11 Å².